The second kappa shape index (κ2) is 8.91. The Morgan fingerprint density at radius 2 is 1.92 bits per heavy atom. The van der Waals surface area contributed by atoms with Gasteiger partial charge in [-0.05, 0) is 52.4 Å². The number of methoxy groups -OCH3 is 1. The van der Waals surface area contributed by atoms with Crippen molar-refractivity contribution in [1.29, 1.82) is 0 Å². The van der Waals surface area contributed by atoms with Gasteiger partial charge in [0.1, 0.15) is 11.6 Å². The first-order chi connectivity index (χ1) is 12.2. The first-order valence-electron chi connectivity index (χ1n) is 8.84. The lowest BCUT2D eigenvalue weighted by Gasteiger charge is -2.31. The summed E-state index contributed by atoms with van der Waals surface area (Å²) in [5.74, 6) is 2.55. The normalized spacial score (nSPS) is 15.2. The molecule has 1 aromatic heterocycles. The van der Waals surface area contributed by atoms with Crippen LogP contribution in [0, 0.1) is 5.92 Å². The number of nitrogens with zero attached hydrogens (tertiary/aromatic N) is 2. The third-order valence-electron chi connectivity index (χ3n) is 4.85. The Morgan fingerprint density at radius 3 is 2.56 bits per heavy atom. The summed E-state index contributed by atoms with van der Waals surface area (Å²) in [6.07, 6.45) is 8.47. The van der Waals surface area contributed by atoms with Crippen LogP contribution in [0.25, 0.3) is 0 Å². The number of aromatic nitrogens is 1. The Labute approximate surface area is 163 Å². The van der Waals surface area contributed by atoms with Crippen molar-refractivity contribution in [3.05, 3.63) is 51.6 Å². The van der Waals surface area contributed by atoms with Crippen molar-refractivity contribution >= 4 is 33.3 Å². The number of halogens is 2. The van der Waals surface area contributed by atoms with E-state index in [0.717, 1.165) is 35.0 Å². The first kappa shape index (κ1) is 18.5. The molecule has 0 atom stereocenters. The van der Waals surface area contributed by atoms with Gasteiger partial charge in [0, 0.05) is 25.4 Å². The van der Waals surface area contributed by atoms with Crippen molar-refractivity contribution in [3.63, 3.8) is 0 Å². The van der Waals surface area contributed by atoms with Gasteiger partial charge < -0.3 is 9.64 Å². The molecule has 1 saturated carbocycles. The molecular weight excluding hydrogens is 400 g/mol. The molecule has 5 heteroatoms. The average Bonchev–Trinajstić information content (AvgIpc) is 2.65. The maximum Gasteiger partial charge on any atom is 0.130 e. The van der Waals surface area contributed by atoms with E-state index < -0.39 is 0 Å². The molecule has 0 radical (unpaired) electrons. The number of hydrogen-bond donors (Lipinski definition) is 0. The summed E-state index contributed by atoms with van der Waals surface area (Å²) >= 11 is 9.75. The van der Waals surface area contributed by atoms with Gasteiger partial charge >= 0.3 is 0 Å². The highest BCUT2D eigenvalue weighted by Crippen LogP contribution is 2.30. The van der Waals surface area contributed by atoms with E-state index in [9.17, 15) is 0 Å². The van der Waals surface area contributed by atoms with E-state index in [1.165, 1.54) is 37.7 Å². The number of hydrogen-bond acceptors (Lipinski definition) is 3. The molecule has 0 spiro atoms. The summed E-state index contributed by atoms with van der Waals surface area (Å²) < 4.78 is 6.09. The van der Waals surface area contributed by atoms with Crippen LogP contribution in [0.1, 0.15) is 37.7 Å². The predicted molar refractivity (Wildman–Crippen MR) is 108 cm³/mol. The van der Waals surface area contributed by atoms with Crippen LogP contribution in [0.15, 0.2) is 41.0 Å². The second-order valence-electron chi connectivity index (χ2n) is 6.69. The molecule has 0 unspecified atom stereocenters. The van der Waals surface area contributed by atoms with Gasteiger partial charge in [-0.25, -0.2) is 4.98 Å². The Bertz CT molecular complexity index is 687. The van der Waals surface area contributed by atoms with Crippen LogP contribution < -0.4 is 9.64 Å². The topological polar surface area (TPSA) is 25.4 Å². The fraction of sp³-hybridized carbons (Fsp3) is 0.450. The van der Waals surface area contributed by atoms with E-state index >= 15 is 0 Å². The predicted octanol–water partition coefficient (Wildman–Crippen LogP) is 6.09. The zero-order chi connectivity index (χ0) is 17.6. The summed E-state index contributed by atoms with van der Waals surface area (Å²) in [5.41, 5.74) is 1.25. The minimum atomic E-state index is 0.702. The van der Waals surface area contributed by atoms with Gasteiger partial charge in [0.2, 0.25) is 0 Å². The van der Waals surface area contributed by atoms with E-state index in [4.69, 9.17) is 16.3 Å². The van der Waals surface area contributed by atoms with Crippen molar-refractivity contribution in [2.75, 3.05) is 18.6 Å². The zero-order valence-electron chi connectivity index (χ0n) is 14.5. The van der Waals surface area contributed by atoms with Gasteiger partial charge in [0.25, 0.3) is 0 Å². The van der Waals surface area contributed by atoms with Crippen molar-refractivity contribution < 1.29 is 4.74 Å². The summed E-state index contributed by atoms with van der Waals surface area (Å²) in [6, 6.07) is 10.2. The lowest BCUT2D eigenvalue weighted by Crippen LogP contribution is -2.30. The molecule has 1 heterocycles. The third-order valence-corrected chi connectivity index (χ3v) is 6.03. The van der Waals surface area contributed by atoms with E-state index in [1.54, 1.807) is 13.3 Å². The Morgan fingerprint density at radius 1 is 1.20 bits per heavy atom. The molecule has 3 nitrogen and oxygen atoms in total. The van der Waals surface area contributed by atoms with E-state index in [1.807, 2.05) is 18.2 Å². The van der Waals surface area contributed by atoms with E-state index in [2.05, 4.69) is 37.9 Å². The molecule has 0 amide bonds. The Kier molecular flexibility index (Phi) is 6.60. The molecule has 1 aliphatic carbocycles. The average molecular weight is 424 g/mol. The monoisotopic (exact) mass is 422 g/mol. The number of pyridine rings is 1. The minimum Gasteiger partial charge on any atom is -0.497 e. The lowest BCUT2D eigenvalue weighted by atomic mass is 9.89. The fourth-order valence-electron chi connectivity index (χ4n) is 3.45. The van der Waals surface area contributed by atoms with Crippen molar-refractivity contribution in [2.45, 2.75) is 38.6 Å². The SMILES string of the molecule is COc1ccc(CN(CC2CCCCC2)c2cc(Cl)c(Br)cn2)cc1. The summed E-state index contributed by atoms with van der Waals surface area (Å²) in [6.45, 7) is 1.85. The van der Waals surface area contributed by atoms with Crippen LogP contribution in [0.4, 0.5) is 5.82 Å². The lowest BCUT2D eigenvalue weighted by molar-refractivity contribution is 0.357. The Balaban J connectivity index is 1.80. The van der Waals surface area contributed by atoms with E-state index in [0.29, 0.717) is 5.02 Å². The summed E-state index contributed by atoms with van der Waals surface area (Å²) in [5, 5.41) is 0.702. The van der Waals surface area contributed by atoms with Gasteiger partial charge in [0.15, 0.2) is 0 Å². The minimum absolute atomic E-state index is 0.702. The fourth-order valence-corrected chi connectivity index (χ4v) is 3.81. The van der Waals surface area contributed by atoms with Gasteiger partial charge in [-0.15, -0.1) is 0 Å². The molecule has 1 aliphatic rings. The van der Waals surface area contributed by atoms with Crippen molar-refractivity contribution in [3.8, 4) is 5.75 Å². The molecule has 134 valence electrons. The summed E-state index contributed by atoms with van der Waals surface area (Å²) in [4.78, 5) is 6.96. The molecule has 1 aromatic carbocycles. The van der Waals surface area contributed by atoms with Crippen LogP contribution in [-0.4, -0.2) is 18.6 Å². The van der Waals surface area contributed by atoms with E-state index in [-0.39, 0.29) is 0 Å². The Hall–Kier alpha value is -1.26. The maximum atomic E-state index is 6.31. The van der Waals surface area contributed by atoms with Gasteiger partial charge in [-0.3, -0.25) is 0 Å². The molecule has 2 aromatic rings. The number of anilines is 1. The van der Waals surface area contributed by atoms with Crippen LogP contribution in [0.5, 0.6) is 5.75 Å². The number of benzene rings is 1. The first-order valence-corrected chi connectivity index (χ1v) is 10.0. The number of rotatable bonds is 6. The summed E-state index contributed by atoms with van der Waals surface area (Å²) in [7, 11) is 1.69. The maximum absolute atomic E-state index is 6.31. The van der Waals surface area contributed by atoms with Crippen LogP contribution in [0.2, 0.25) is 5.02 Å². The largest absolute Gasteiger partial charge is 0.497 e. The number of ether oxygens (including phenoxy) is 1. The molecule has 0 bridgehead atoms. The molecular formula is C20H24BrClN2O. The highest BCUT2D eigenvalue weighted by molar-refractivity contribution is 9.10. The molecule has 0 N–H and O–H groups in total. The zero-order valence-corrected chi connectivity index (χ0v) is 16.9. The van der Waals surface area contributed by atoms with Crippen molar-refractivity contribution in [2.24, 2.45) is 5.92 Å². The second-order valence-corrected chi connectivity index (χ2v) is 7.95. The highest BCUT2D eigenvalue weighted by Gasteiger charge is 2.19. The van der Waals surface area contributed by atoms with Gasteiger partial charge in [-0.1, -0.05) is 43.0 Å². The van der Waals surface area contributed by atoms with Crippen molar-refractivity contribution in [1.82, 2.24) is 4.98 Å². The van der Waals surface area contributed by atoms with Crippen LogP contribution >= 0.6 is 27.5 Å². The molecule has 0 aliphatic heterocycles. The highest BCUT2D eigenvalue weighted by atomic mass is 79.9. The van der Waals surface area contributed by atoms with Gasteiger partial charge in [-0.2, -0.15) is 0 Å². The van der Waals surface area contributed by atoms with Crippen LogP contribution in [-0.2, 0) is 6.54 Å². The smallest absolute Gasteiger partial charge is 0.130 e. The molecule has 3 rings (SSSR count). The standard InChI is InChI=1S/C20H24BrClN2O/c1-25-17-9-7-16(8-10-17)14-24(13-15-5-3-2-4-6-15)20-11-19(22)18(21)12-23-20/h7-12,15H,2-6,13-14H2,1H3. The molecule has 25 heavy (non-hydrogen) atoms. The quantitative estimate of drug-likeness (QED) is 0.562. The molecule has 0 saturated heterocycles. The third kappa shape index (κ3) is 5.11. The molecule has 1 fully saturated rings. The van der Waals surface area contributed by atoms with Gasteiger partial charge in [0.05, 0.1) is 16.6 Å². The van der Waals surface area contributed by atoms with Crippen LogP contribution in [0.3, 0.4) is 0 Å².